The minimum absolute atomic E-state index is 0.0231. The molecule has 4 aromatic rings. The number of H-pyrrole nitrogens is 1. The molecular weight excluding hydrogens is 396 g/mol. The average Bonchev–Trinajstić information content (AvgIpc) is 3.26. The van der Waals surface area contributed by atoms with E-state index in [1.165, 1.54) is 23.2 Å². The highest BCUT2D eigenvalue weighted by Gasteiger charge is 2.19. The largest absolute Gasteiger partial charge is 0.361 e. The highest BCUT2D eigenvalue weighted by molar-refractivity contribution is 6.29. The third kappa shape index (κ3) is 3.23. The quantitative estimate of drug-likeness (QED) is 0.474. The van der Waals surface area contributed by atoms with Crippen molar-refractivity contribution in [1.82, 2.24) is 29.0 Å². The van der Waals surface area contributed by atoms with E-state index in [2.05, 4.69) is 15.3 Å². The van der Waals surface area contributed by atoms with Crippen LogP contribution in [0, 0.1) is 0 Å². The van der Waals surface area contributed by atoms with E-state index < -0.39 is 11.2 Å². The number of nitrogens with zero attached hydrogens (tertiary/aromatic N) is 4. The fraction of sp³-hybridized carbons (Fsp3) is 0.263. The molecule has 10 heteroatoms. The number of hydrogen-bond donors (Lipinski definition) is 2. The van der Waals surface area contributed by atoms with Gasteiger partial charge in [-0.3, -0.25) is 23.3 Å². The van der Waals surface area contributed by atoms with E-state index in [-0.39, 0.29) is 28.9 Å². The summed E-state index contributed by atoms with van der Waals surface area (Å²) in [4.78, 5) is 44.3. The van der Waals surface area contributed by atoms with Gasteiger partial charge in [-0.05, 0) is 29.7 Å². The van der Waals surface area contributed by atoms with Crippen molar-refractivity contribution in [3.05, 3.63) is 62.1 Å². The Morgan fingerprint density at radius 2 is 1.97 bits per heavy atom. The first-order chi connectivity index (χ1) is 13.9. The van der Waals surface area contributed by atoms with Crippen LogP contribution in [0.15, 0.2) is 40.1 Å². The molecule has 150 valence electrons. The molecule has 0 spiro atoms. The van der Waals surface area contributed by atoms with Crippen molar-refractivity contribution in [3.8, 4) is 0 Å². The molecule has 2 N–H and O–H groups in total. The second kappa shape index (κ2) is 7.25. The smallest absolute Gasteiger partial charge is 0.332 e. The Hall–Kier alpha value is -3.33. The van der Waals surface area contributed by atoms with Crippen molar-refractivity contribution in [2.45, 2.75) is 13.0 Å². The molecule has 1 amide bonds. The first kappa shape index (κ1) is 19.0. The maximum absolute atomic E-state index is 12.5. The zero-order valence-electron chi connectivity index (χ0n) is 15.9. The van der Waals surface area contributed by atoms with Gasteiger partial charge >= 0.3 is 5.69 Å². The van der Waals surface area contributed by atoms with E-state index in [1.54, 1.807) is 0 Å². The number of aromatic nitrogens is 5. The Balaban J connectivity index is 1.51. The minimum atomic E-state index is -0.547. The lowest BCUT2D eigenvalue weighted by molar-refractivity contribution is -0.121. The van der Waals surface area contributed by atoms with Gasteiger partial charge in [0, 0.05) is 37.7 Å². The Labute approximate surface area is 169 Å². The summed E-state index contributed by atoms with van der Waals surface area (Å²) in [5.74, 6) is -0.304. The maximum Gasteiger partial charge on any atom is 0.332 e. The number of benzene rings is 1. The summed E-state index contributed by atoms with van der Waals surface area (Å²) in [5, 5.41) is 3.94. The molecule has 3 heterocycles. The number of halogens is 1. The number of fused-ring (bicyclic) bond motifs is 2. The van der Waals surface area contributed by atoms with E-state index in [4.69, 9.17) is 11.6 Å². The molecule has 29 heavy (non-hydrogen) atoms. The molecule has 0 radical (unpaired) electrons. The van der Waals surface area contributed by atoms with Crippen LogP contribution in [0.25, 0.3) is 22.1 Å². The predicted molar refractivity (Wildman–Crippen MR) is 110 cm³/mol. The molecule has 0 fully saturated rings. The number of aryl methyl sites for hydroxylation is 1. The second-order valence-corrected chi connectivity index (χ2v) is 7.14. The van der Waals surface area contributed by atoms with Gasteiger partial charge in [0.2, 0.25) is 11.2 Å². The molecule has 3 aromatic heterocycles. The average molecular weight is 415 g/mol. The van der Waals surface area contributed by atoms with Gasteiger partial charge in [0.15, 0.2) is 11.2 Å². The number of amides is 1. The zero-order chi connectivity index (χ0) is 20.7. The van der Waals surface area contributed by atoms with Crippen LogP contribution in [0.4, 0.5) is 0 Å². The molecular formula is C19H19ClN6O3. The number of aromatic amines is 1. The molecule has 0 aliphatic carbocycles. The van der Waals surface area contributed by atoms with Gasteiger partial charge in [-0.2, -0.15) is 4.98 Å². The summed E-state index contributed by atoms with van der Waals surface area (Å²) in [6, 6.07) is 7.96. The van der Waals surface area contributed by atoms with Crippen LogP contribution in [0.3, 0.4) is 0 Å². The Kier molecular flexibility index (Phi) is 4.75. The standard InChI is InChI=1S/C19H19ClN6O3/c1-24-16-15(17(28)25(2)19(24)29)26(18(20)23-16)10-14(27)21-8-7-11-9-22-13-6-4-3-5-12(11)13/h3-6,9,22H,7-8,10H2,1-2H3,(H,21,27). The monoisotopic (exact) mass is 414 g/mol. The summed E-state index contributed by atoms with van der Waals surface area (Å²) in [6.07, 6.45) is 2.59. The molecule has 0 unspecified atom stereocenters. The van der Waals surface area contributed by atoms with Crippen LogP contribution in [-0.4, -0.2) is 36.1 Å². The summed E-state index contributed by atoms with van der Waals surface area (Å²) < 4.78 is 3.51. The molecule has 0 aliphatic rings. The maximum atomic E-state index is 12.5. The number of carbonyl (C=O) groups excluding carboxylic acids is 1. The lowest BCUT2D eigenvalue weighted by atomic mass is 10.1. The lowest BCUT2D eigenvalue weighted by Gasteiger charge is -2.08. The SMILES string of the molecule is Cn1c(=O)c2c(nc(Cl)n2CC(=O)NCCc2c[nH]c3ccccc23)n(C)c1=O. The molecule has 0 bridgehead atoms. The Morgan fingerprint density at radius 1 is 1.21 bits per heavy atom. The fourth-order valence-electron chi connectivity index (χ4n) is 3.44. The van der Waals surface area contributed by atoms with Gasteiger partial charge < -0.3 is 10.3 Å². The Bertz CT molecular complexity index is 1360. The van der Waals surface area contributed by atoms with E-state index in [1.807, 2.05) is 30.5 Å². The van der Waals surface area contributed by atoms with Gasteiger partial charge in [0.05, 0.1) is 0 Å². The van der Waals surface area contributed by atoms with E-state index >= 15 is 0 Å². The second-order valence-electron chi connectivity index (χ2n) is 6.80. The number of hydrogen-bond acceptors (Lipinski definition) is 4. The van der Waals surface area contributed by atoms with Crippen LogP contribution >= 0.6 is 11.6 Å². The third-order valence-corrected chi connectivity index (χ3v) is 5.28. The minimum Gasteiger partial charge on any atom is -0.361 e. The van der Waals surface area contributed by atoms with Crippen molar-refractivity contribution in [3.63, 3.8) is 0 Å². The lowest BCUT2D eigenvalue weighted by Crippen LogP contribution is -2.38. The van der Waals surface area contributed by atoms with Crippen LogP contribution in [0.1, 0.15) is 5.56 Å². The number of carbonyl (C=O) groups is 1. The molecule has 0 aliphatic heterocycles. The molecule has 0 atom stereocenters. The highest BCUT2D eigenvalue weighted by atomic mass is 35.5. The van der Waals surface area contributed by atoms with Crippen LogP contribution in [0.5, 0.6) is 0 Å². The van der Waals surface area contributed by atoms with E-state index in [0.717, 1.165) is 21.0 Å². The number of imidazole rings is 1. The van der Waals surface area contributed by atoms with Crippen molar-refractivity contribution in [2.24, 2.45) is 14.1 Å². The molecule has 4 rings (SSSR count). The van der Waals surface area contributed by atoms with Crippen molar-refractivity contribution in [1.29, 1.82) is 0 Å². The molecule has 0 saturated heterocycles. The summed E-state index contributed by atoms with van der Waals surface area (Å²) in [7, 11) is 2.87. The molecule has 9 nitrogen and oxygen atoms in total. The topological polar surface area (TPSA) is 107 Å². The van der Waals surface area contributed by atoms with Gasteiger partial charge in [-0.1, -0.05) is 18.2 Å². The highest BCUT2D eigenvalue weighted by Crippen LogP contribution is 2.18. The van der Waals surface area contributed by atoms with E-state index in [0.29, 0.717) is 13.0 Å². The summed E-state index contributed by atoms with van der Waals surface area (Å²) >= 11 is 6.15. The summed E-state index contributed by atoms with van der Waals surface area (Å²) in [5.41, 5.74) is 1.37. The van der Waals surface area contributed by atoms with Crippen molar-refractivity contribution >= 4 is 39.6 Å². The molecule has 0 saturated carbocycles. The molecule has 1 aromatic carbocycles. The van der Waals surface area contributed by atoms with Crippen LogP contribution in [0.2, 0.25) is 5.28 Å². The third-order valence-electron chi connectivity index (χ3n) is 4.99. The fourth-order valence-corrected chi connectivity index (χ4v) is 3.66. The number of para-hydroxylation sites is 1. The number of rotatable bonds is 5. The number of nitrogens with one attached hydrogen (secondary N) is 2. The van der Waals surface area contributed by atoms with Crippen molar-refractivity contribution in [2.75, 3.05) is 6.54 Å². The predicted octanol–water partition coefficient (Wildman–Crippen LogP) is 0.927. The first-order valence-corrected chi connectivity index (χ1v) is 9.39. The van der Waals surface area contributed by atoms with Gasteiger partial charge in [-0.25, -0.2) is 4.79 Å². The van der Waals surface area contributed by atoms with Crippen LogP contribution < -0.4 is 16.6 Å². The van der Waals surface area contributed by atoms with E-state index in [9.17, 15) is 14.4 Å². The Morgan fingerprint density at radius 3 is 2.76 bits per heavy atom. The van der Waals surface area contributed by atoms with Crippen molar-refractivity contribution < 1.29 is 4.79 Å². The van der Waals surface area contributed by atoms with Gasteiger partial charge in [-0.15, -0.1) is 0 Å². The zero-order valence-corrected chi connectivity index (χ0v) is 16.7. The normalized spacial score (nSPS) is 11.4. The van der Waals surface area contributed by atoms with Gasteiger partial charge in [0.25, 0.3) is 5.56 Å². The first-order valence-electron chi connectivity index (χ1n) is 9.02. The summed E-state index contributed by atoms with van der Waals surface area (Å²) in [6.45, 7) is 0.262. The van der Waals surface area contributed by atoms with Gasteiger partial charge in [0.1, 0.15) is 6.54 Å². The van der Waals surface area contributed by atoms with Crippen LogP contribution in [-0.2, 0) is 31.9 Å².